The Hall–Kier alpha value is -4.51. The Morgan fingerprint density at radius 3 is 2.50 bits per heavy atom. The number of hydrogen-bond acceptors (Lipinski definition) is 4. The summed E-state index contributed by atoms with van der Waals surface area (Å²) < 4.78 is 5.59. The van der Waals surface area contributed by atoms with Gasteiger partial charge in [-0.1, -0.05) is 78.9 Å². The third-order valence-corrected chi connectivity index (χ3v) is 6.80. The summed E-state index contributed by atoms with van der Waals surface area (Å²) >= 11 is 0. The molecule has 5 nitrogen and oxygen atoms in total. The van der Waals surface area contributed by atoms with Crippen LogP contribution in [-0.4, -0.2) is 29.5 Å². The molecule has 1 aliphatic heterocycles. The summed E-state index contributed by atoms with van der Waals surface area (Å²) in [6.45, 7) is 1.68. The second-order valence-corrected chi connectivity index (χ2v) is 9.12. The van der Waals surface area contributed by atoms with Gasteiger partial charge in [-0.2, -0.15) is 0 Å². The van der Waals surface area contributed by atoms with Gasteiger partial charge in [-0.25, -0.2) is 9.78 Å². The van der Waals surface area contributed by atoms with Gasteiger partial charge >= 0.3 is 5.97 Å². The highest BCUT2D eigenvalue weighted by Gasteiger charge is 2.31. The number of carbonyl (C=O) groups is 2. The van der Waals surface area contributed by atoms with Gasteiger partial charge in [0.15, 0.2) is 6.61 Å². The second-order valence-electron chi connectivity index (χ2n) is 9.12. The van der Waals surface area contributed by atoms with Crippen LogP contribution in [0, 0.1) is 0 Å². The van der Waals surface area contributed by atoms with Gasteiger partial charge in [0.2, 0.25) is 0 Å². The molecule has 0 N–H and O–H groups in total. The van der Waals surface area contributed by atoms with Crippen molar-refractivity contribution in [2.24, 2.45) is 0 Å². The molecule has 1 aromatic heterocycles. The molecule has 6 rings (SSSR count). The van der Waals surface area contributed by atoms with E-state index in [-0.39, 0.29) is 18.6 Å². The van der Waals surface area contributed by atoms with Crippen molar-refractivity contribution < 1.29 is 14.3 Å². The molecule has 1 amide bonds. The summed E-state index contributed by atoms with van der Waals surface area (Å²) in [5.41, 5.74) is 4.73. The minimum atomic E-state index is -0.538. The number of carbonyl (C=O) groups excluding carboxylic acids is 2. The van der Waals surface area contributed by atoms with Gasteiger partial charge in [-0.3, -0.25) is 4.79 Å². The highest BCUT2D eigenvalue weighted by Crippen LogP contribution is 2.33. The average molecular weight is 473 g/mol. The minimum absolute atomic E-state index is 0.0216. The van der Waals surface area contributed by atoms with Crippen LogP contribution in [0.25, 0.3) is 32.9 Å². The first-order valence-corrected chi connectivity index (χ1v) is 12.0. The molecule has 1 aliphatic rings. The number of pyridine rings is 1. The summed E-state index contributed by atoms with van der Waals surface area (Å²) in [7, 11) is 0. The molecule has 0 fully saturated rings. The number of benzene rings is 4. The van der Waals surface area contributed by atoms with Crippen LogP contribution in [0.4, 0.5) is 5.69 Å². The Morgan fingerprint density at radius 2 is 1.61 bits per heavy atom. The van der Waals surface area contributed by atoms with Crippen molar-refractivity contribution in [2.45, 2.75) is 19.4 Å². The lowest BCUT2D eigenvalue weighted by Gasteiger charge is -2.22. The first kappa shape index (κ1) is 22.0. The normalized spacial score (nSPS) is 14.7. The van der Waals surface area contributed by atoms with Crippen LogP contribution >= 0.6 is 0 Å². The molecule has 36 heavy (non-hydrogen) atoms. The minimum Gasteiger partial charge on any atom is -0.452 e. The number of fused-ring (bicyclic) bond motifs is 3. The zero-order chi connectivity index (χ0) is 24.6. The van der Waals surface area contributed by atoms with Gasteiger partial charge in [0.1, 0.15) is 0 Å². The quantitative estimate of drug-likeness (QED) is 0.293. The maximum absolute atomic E-state index is 13.3. The average Bonchev–Trinajstić information content (AvgIpc) is 3.26. The molecule has 1 atom stereocenters. The van der Waals surface area contributed by atoms with Crippen molar-refractivity contribution in [2.75, 3.05) is 11.5 Å². The van der Waals surface area contributed by atoms with Crippen molar-refractivity contribution >= 4 is 39.2 Å². The van der Waals surface area contributed by atoms with Gasteiger partial charge in [-0.05, 0) is 47.9 Å². The Balaban J connectivity index is 1.33. The SMILES string of the molecule is CC1Cc2ccccc2N1C(=O)COC(=O)c1cc(-c2cccc3ccccc23)nc2ccccc12. The third-order valence-electron chi connectivity index (χ3n) is 6.80. The van der Waals surface area contributed by atoms with E-state index in [1.807, 2.05) is 85.8 Å². The van der Waals surface area contributed by atoms with Crippen molar-refractivity contribution in [3.8, 4) is 11.3 Å². The molecule has 176 valence electrons. The lowest BCUT2D eigenvalue weighted by atomic mass is 9.99. The number of para-hydroxylation sites is 2. The van der Waals surface area contributed by atoms with Crippen LogP contribution in [0.5, 0.6) is 0 Å². The molecule has 4 aromatic carbocycles. The molecule has 0 bridgehead atoms. The number of ether oxygens (including phenoxy) is 1. The highest BCUT2D eigenvalue weighted by molar-refractivity contribution is 6.07. The Bertz CT molecular complexity index is 1640. The number of esters is 1. The molecule has 0 aliphatic carbocycles. The van der Waals surface area contributed by atoms with E-state index in [2.05, 4.69) is 12.1 Å². The number of amides is 1. The Kier molecular flexibility index (Phi) is 5.45. The van der Waals surface area contributed by atoms with E-state index in [4.69, 9.17) is 9.72 Å². The fourth-order valence-electron chi connectivity index (χ4n) is 5.15. The summed E-state index contributed by atoms with van der Waals surface area (Å²) in [6.07, 6.45) is 0.791. The van der Waals surface area contributed by atoms with Crippen molar-refractivity contribution in [3.63, 3.8) is 0 Å². The van der Waals surface area contributed by atoms with Gasteiger partial charge in [0, 0.05) is 22.7 Å². The van der Waals surface area contributed by atoms with E-state index in [1.54, 1.807) is 11.0 Å². The molecular weight excluding hydrogens is 448 g/mol. The largest absolute Gasteiger partial charge is 0.452 e. The zero-order valence-corrected chi connectivity index (χ0v) is 19.8. The van der Waals surface area contributed by atoms with Crippen LogP contribution in [0.2, 0.25) is 0 Å². The van der Waals surface area contributed by atoms with E-state index in [0.29, 0.717) is 22.2 Å². The molecule has 1 unspecified atom stereocenters. The van der Waals surface area contributed by atoms with Crippen molar-refractivity contribution in [1.29, 1.82) is 0 Å². The first-order chi connectivity index (χ1) is 17.6. The highest BCUT2D eigenvalue weighted by atomic mass is 16.5. The zero-order valence-electron chi connectivity index (χ0n) is 19.8. The van der Waals surface area contributed by atoms with Gasteiger partial charge in [-0.15, -0.1) is 0 Å². The predicted molar refractivity (Wildman–Crippen MR) is 142 cm³/mol. The van der Waals surface area contributed by atoms with Crippen LogP contribution in [-0.2, 0) is 16.0 Å². The first-order valence-electron chi connectivity index (χ1n) is 12.0. The molecule has 5 heteroatoms. The third kappa shape index (κ3) is 3.79. The molecule has 0 saturated heterocycles. The van der Waals surface area contributed by atoms with Crippen LogP contribution in [0.1, 0.15) is 22.8 Å². The van der Waals surface area contributed by atoms with Gasteiger partial charge in [0.05, 0.1) is 16.8 Å². The fraction of sp³-hybridized carbons (Fsp3) is 0.129. The summed E-state index contributed by atoms with van der Waals surface area (Å²) in [5, 5.41) is 2.84. The second kappa shape index (κ2) is 8.93. The van der Waals surface area contributed by atoms with E-state index < -0.39 is 5.97 Å². The van der Waals surface area contributed by atoms with Crippen LogP contribution in [0.3, 0.4) is 0 Å². The fourth-order valence-corrected chi connectivity index (χ4v) is 5.15. The van der Waals surface area contributed by atoms with Gasteiger partial charge < -0.3 is 9.64 Å². The maximum atomic E-state index is 13.3. The van der Waals surface area contributed by atoms with E-state index in [1.165, 1.54) is 0 Å². The standard InChI is InChI=1S/C31H24N2O3/c1-20-17-22-10-3-7-16-29(22)33(20)30(34)19-36-31(35)26-18-28(32-27-15-6-5-13-25(26)27)24-14-8-11-21-9-2-4-12-23(21)24/h2-16,18,20H,17,19H2,1H3. The van der Waals surface area contributed by atoms with Crippen molar-refractivity contribution in [3.05, 3.63) is 108 Å². The van der Waals surface area contributed by atoms with E-state index >= 15 is 0 Å². The molecule has 0 saturated carbocycles. The van der Waals surface area contributed by atoms with Gasteiger partial charge in [0.25, 0.3) is 5.91 Å². The summed E-state index contributed by atoms with van der Waals surface area (Å²) in [6, 6.07) is 31.3. The van der Waals surface area contributed by atoms with E-state index in [9.17, 15) is 9.59 Å². The summed E-state index contributed by atoms with van der Waals surface area (Å²) in [4.78, 5) is 33.0. The number of aromatic nitrogens is 1. The van der Waals surface area contributed by atoms with E-state index in [0.717, 1.165) is 34.0 Å². The molecule has 2 heterocycles. The van der Waals surface area contributed by atoms with Crippen molar-refractivity contribution in [1.82, 2.24) is 4.98 Å². The maximum Gasteiger partial charge on any atom is 0.339 e. The molecule has 0 radical (unpaired) electrons. The number of rotatable bonds is 4. The number of nitrogens with zero attached hydrogens (tertiary/aromatic N) is 2. The molecule has 5 aromatic rings. The predicted octanol–water partition coefficient (Wildman–Crippen LogP) is 6.19. The smallest absolute Gasteiger partial charge is 0.339 e. The number of anilines is 1. The monoisotopic (exact) mass is 472 g/mol. The molecule has 0 spiro atoms. The Labute approximate surface area is 209 Å². The summed E-state index contributed by atoms with van der Waals surface area (Å²) in [5.74, 6) is -0.767. The van der Waals surface area contributed by atoms with Crippen LogP contribution < -0.4 is 4.90 Å². The number of hydrogen-bond donors (Lipinski definition) is 0. The lowest BCUT2D eigenvalue weighted by Crippen LogP contribution is -2.38. The van der Waals surface area contributed by atoms with Crippen LogP contribution in [0.15, 0.2) is 97.1 Å². The Morgan fingerprint density at radius 1 is 0.889 bits per heavy atom. The topological polar surface area (TPSA) is 59.5 Å². The lowest BCUT2D eigenvalue weighted by molar-refractivity contribution is -0.122. The molecular formula is C31H24N2O3.